The monoisotopic (exact) mass is 423 g/mol. The van der Waals surface area contributed by atoms with Crippen LogP contribution >= 0.6 is 0 Å². The number of hydrogen-bond donors (Lipinski definition) is 0. The summed E-state index contributed by atoms with van der Waals surface area (Å²) in [5.41, 5.74) is 0.437. The Hall–Kier alpha value is -2.17. The van der Waals surface area contributed by atoms with Gasteiger partial charge in [-0.3, -0.25) is 14.4 Å². The minimum atomic E-state index is -0.450. The van der Waals surface area contributed by atoms with Crippen LogP contribution in [0.15, 0.2) is 24.3 Å². The van der Waals surface area contributed by atoms with Crippen molar-refractivity contribution in [2.75, 3.05) is 7.11 Å². The van der Waals surface area contributed by atoms with Crippen molar-refractivity contribution >= 4 is 17.5 Å². The molecule has 5 rings (SSSR count). The van der Waals surface area contributed by atoms with Crippen LogP contribution in [0.25, 0.3) is 0 Å². The summed E-state index contributed by atoms with van der Waals surface area (Å²) in [5.74, 6) is 2.15. The summed E-state index contributed by atoms with van der Waals surface area (Å²) in [7, 11) is 1.65. The topological polar surface area (TPSA) is 63.7 Å². The summed E-state index contributed by atoms with van der Waals surface area (Å²) in [6, 6.07) is 7.99. The molecule has 5 nitrogen and oxygen atoms in total. The van der Waals surface area contributed by atoms with Gasteiger partial charge in [-0.05, 0) is 60.6 Å². The molecule has 1 aromatic carbocycles. The molecular weight excluding hydrogens is 390 g/mol. The third kappa shape index (κ3) is 2.99. The predicted molar refractivity (Wildman–Crippen MR) is 116 cm³/mol. The van der Waals surface area contributed by atoms with Gasteiger partial charge in [0.25, 0.3) is 0 Å². The minimum absolute atomic E-state index is 0.0262. The number of ketones is 2. The lowest BCUT2D eigenvalue weighted by atomic mass is 9.47. The third-order valence-electron chi connectivity index (χ3n) is 9.30. The van der Waals surface area contributed by atoms with E-state index in [1.807, 2.05) is 36.1 Å². The van der Waals surface area contributed by atoms with Gasteiger partial charge in [-0.15, -0.1) is 0 Å². The first-order valence-electron chi connectivity index (χ1n) is 11.8. The molecule has 0 bridgehead atoms. The smallest absolute Gasteiger partial charge is 0.223 e. The fraction of sp³-hybridized carbons (Fsp3) is 0.654. The van der Waals surface area contributed by atoms with E-state index in [-0.39, 0.29) is 40.8 Å². The van der Waals surface area contributed by atoms with Crippen molar-refractivity contribution in [1.82, 2.24) is 4.90 Å². The first-order valence-corrected chi connectivity index (χ1v) is 11.8. The predicted octanol–water partition coefficient (Wildman–Crippen LogP) is 4.18. The minimum Gasteiger partial charge on any atom is -0.497 e. The number of amides is 1. The number of piperidine rings is 1. The van der Waals surface area contributed by atoms with Crippen molar-refractivity contribution in [2.45, 2.75) is 71.4 Å². The molecule has 0 radical (unpaired) electrons. The van der Waals surface area contributed by atoms with Gasteiger partial charge in [-0.1, -0.05) is 26.0 Å². The molecule has 31 heavy (non-hydrogen) atoms. The Morgan fingerprint density at radius 3 is 2.48 bits per heavy atom. The molecule has 0 spiro atoms. The fourth-order valence-electron chi connectivity index (χ4n) is 7.72. The van der Waals surface area contributed by atoms with Gasteiger partial charge in [-0.2, -0.15) is 0 Å². The number of fused-ring (bicyclic) bond motifs is 5. The molecule has 5 heteroatoms. The molecule has 0 aromatic heterocycles. The van der Waals surface area contributed by atoms with Crippen molar-refractivity contribution in [3.63, 3.8) is 0 Å². The molecule has 3 saturated carbocycles. The molecule has 1 heterocycles. The van der Waals surface area contributed by atoms with Gasteiger partial charge >= 0.3 is 0 Å². The van der Waals surface area contributed by atoms with Gasteiger partial charge in [0.05, 0.1) is 7.11 Å². The van der Waals surface area contributed by atoms with Crippen LogP contribution in [-0.4, -0.2) is 35.5 Å². The molecule has 1 aliphatic heterocycles. The first-order chi connectivity index (χ1) is 14.8. The van der Waals surface area contributed by atoms with Crippen LogP contribution in [0.4, 0.5) is 0 Å². The van der Waals surface area contributed by atoms with Gasteiger partial charge in [-0.25, -0.2) is 0 Å². The van der Waals surface area contributed by atoms with E-state index in [4.69, 9.17) is 4.74 Å². The molecular formula is C26H33NO4. The number of carbonyl (C=O) groups excluding carboxylic acids is 3. The van der Waals surface area contributed by atoms with Crippen molar-refractivity contribution in [2.24, 2.45) is 28.6 Å². The summed E-state index contributed by atoms with van der Waals surface area (Å²) in [4.78, 5) is 41.2. The molecule has 4 aliphatic rings. The number of rotatable bonds is 3. The summed E-state index contributed by atoms with van der Waals surface area (Å²) < 4.78 is 5.26. The van der Waals surface area contributed by atoms with E-state index >= 15 is 0 Å². The average Bonchev–Trinajstić information content (AvgIpc) is 3.04. The van der Waals surface area contributed by atoms with E-state index in [9.17, 15) is 14.4 Å². The molecule has 1 unspecified atom stereocenters. The normalized spacial score (nSPS) is 39.7. The molecule has 1 amide bonds. The highest BCUT2D eigenvalue weighted by Crippen LogP contribution is 2.62. The van der Waals surface area contributed by atoms with Crippen LogP contribution in [0, 0.1) is 28.6 Å². The quantitative estimate of drug-likeness (QED) is 0.732. The molecule has 3 aliphatic carbocycles. The molecule has 0 N–H and O–H groups in total. The van der Waals surface area contributed by atoms with E-state index in [0.717, 1.165) is 37.0 Å². The lowest BCUT2D eigenvalue weighted by Crippen LogP contribution is -2.64. The van der Waals surface area contributed by atoms with Crippen LogP contribution in [0.1, 0.15) is 64.4 Å². The first kappa shape index (κ1) is 20.7. The maximum atomic E-state index is 13.5. The maximum Gasteiger partial charge on any atom is 0.223 e. The standard InChI is InChI=1S/C26H33NO4/c1-25-13-12-23(30)27(15-16-4-6-17(31-3)7-5-16)21(25)10-8-18-19-9-11-22(29)26(19,2)14-20(28)24(18)25/h4-7,18-19,21,24H,8-15H2,1-3H3/t18-,19-,21?,24+,25-,26-/m0/s1. The van der Waals surface area contributed by atoms with Crippen molar-refractivity contribution in [3.8, 4) is 5.75 Å². The van der Waals surface area contributed by atoms with Gasteiger partial charge in [0, 0.05) is 43.2 Å². The van der Waals surface area contributed by atoms with E-state index in [1.54, 1.807) is 7.11 Å². The van der Waals surface area contributed by atoms with E-state index in [1.165, 1.54) is 0 Å². The summed E-state index contributed by atoms with van der Waals surface area (Å²) in [5, 5.41) is 0. The second-order valence-corrected chi connectivity index (χ2v) is 10.7. The average molecular weight is 424 g/mol. The Morgan fingerprint density at radius 2 is 1.77 bits per heavy atom. The van der Waals surface area contributed by atoms with Crippen LogP contribution in [0.5, 0.6) is 5.75 Å². The number of Topliss-reactive ketones (excluding diaryl/α,β-unsaturated/α-hetero) is 2. The van der Waals surface area contributed by atoms with Crippen molar-refractivity contribution in [1.29, 1.82) is 0 Å². The number of nitrogens with zero attached hydrogens (tertiary/aromatic N) is 1. The Labute approximate surface area is 184 Å². The molecule has 1 aromatic rings. The lowest BCUT2D eigenvalue weighted by molar-refractivity contribution is -0.171. The molecule has 6 atom stereocenters. The third-order valence-corrected chi connectivity index (χ3v) is 9.30. The van der Waals surface area contributed by atoms with Crippen LogP contribution in [-0.2, 0) is 20.9 Å². The number of carbonyl (C=O) groups is 3. The zero-order valence-corrected chi connectivity index (χ0v) is 18.9. The zero-order chi connectivity index (χ0) is 22.0. The van der Waals surface area contributed by atoms with Crippen LogP contribution < -0.4 is 4.74 Å². The Bertz CT molecular complexity index is 924. The van der Waals surface area contributed by atoms with Crippen molar-refractivity contribution < 1.29 is 19.1 Å². The number of benzene rings is 1. The van der Waals surface area contributed by atoms with Gasteiger partial charge in [0.2, 0.25) is 5.91 Å². The second kappa shape index (κ2) is 7.18. The largest absolute Gasteiger partial charge is 0.497 e. The maximum absolute atomic E-state index is 13.5. The van der Waals surface area contributed by atoms with Crippen LogP contribution in [0.3, 0.4) is 0 Å². The molecule has 1 saturated heterocycles. The van der Waals surface area contributed by atoms with Crippen LogP contribution in [0.2, 0.25) is 0 Å². The summed E-state index contributed by atoms with van der Waals surface area (Å²) in [6.07, 6.45) is 5.09. The Morgan fingerprint density at radius 1 is 1.03 bits per heavy atom. The summed E-state index contributed by atoms with van der Waals surface area (Å²) in [6.45, 7) is 4.86. The van der Waals surface area contributed by atoms with E-state index in [0.29, 0.717) is 31.7 Å². The zero-order valence-electron chi connectivity index (χ0n) is 18.9. The highest BCUT2D eigenvalue weighted by Gasteiger charge is 2.64. The van der Waals surface area contributed by atoms with Gasteiger partial charge in [0.15, 0.2) is 0 Å². The fourth-order valence-corrected chi connectivity index (χ4v) is 7.72. The second-order valence-electron chi connectivity index (χ2n) is 10.7. The van der Waals surface area contributed by atoms with Crippen molar-refractivity contribution in [3.05, 3.63) is 29.8 Å². The van der Waals surface area contributed by atoms with Gasteiger partial charge < -0.3 is 9.64 Å². The number of likely N-dealkylation sites (tertiary alicyclic amines) is 1. The summed E-state index contributed by atoms with van der Waals surface area (Å²) >= 11 is 0. The number of ether oxygens (including phenoxy) is 1. The SMILES string of the molecule is COc1ccc(CN2C(=O)CC[C@@]3(C)C2CC[C@@H]2[C@@H]3C(=O)C[C@]3(C)C(=O)CC[C@@H]23)cc1. The Kier molecular flexibility index (Phi) is 4.80. The van der Waals surface area contributed by atoms with E-state index < -0.39 is 5.41 Å². The Balaban J connectivity index is 1.44. The molecule has 4 fully saturated rings. The van der Waals surface area contributed by atoms with E-state index in [2.05, 4.69) is 6.92 Å². The van der Waals surface area contributed by atoms with Gasteiger partial charge in [0.1, 0.15) is 17.3 Å². The number of hydrogen-bond acceptors (Lipinski definition) is 4. The highest BCUT2D eigenvalue weighted by atomic mass is 16.5. The lowest BCUT2D eigenvalue weighted by Gasteiger charge is -2.60. The number of methoxy groups -OCH3 is 1. The highest BCUT2D eigenvalue weighted by molar-refractivity contribution is 5.95. The molecule has 166 valence electrons.